The fourth-order valence-electron chi connectivity index (χ4n) is 2.63. The lowest BCUT2D eigenvalue weighted by atomic mass is 9.94. The number of aryl methyl sites for hydroxylation is 4. The average molecular weight is 244 g/mol. The van der Waals surface area contributed by atoms with Crippen LogP contribution in [0.1, 0.15) is 54.7 Å². The van der Waals surface area contributed by atoms with Crippen molar-refractivity contribution in [2.75, 3.05) is 0 Å². The van der Waals surface area contributed by atoms with Crippen molar-refractivity contribution >= 4 is 5.52 Å². The van der Waals surface area contributed by atoms with Crippen LogP contribution in [0.25, 0.3) is 5.52 Å². The lowest BCUT2D eigenvalue weighted by Gasteiger charge is -2.22. The van der Waals surface area contributed by atoms with Gasteiger partial charge in [-0.25, -0.2) is 4.98 Å². The van der Waals surface area contributed by atoms with Crippen molar-refractivity contribution in [2.45, 2.75) is 60.8 Å². The lowest BCUT2D eigenvalue weighted by Crippen LogP contribution is -2.20. The van der Waals surface area contributed by atoms with E-state index < -0.39 is 0 Å². The number of aromatic nitrogens is 2. The normalized spacial score (nSPS) is 12.4. The van der Waals surface area contributed by atoms with Gasteiger partial charge in [-0.05, 0) is 51.3 Å². The van der Waals surface area contributed by atoms with Gasteiger partial charge in [0.1, 0.15) is 5.82 Å². The Morgan fingerprint density at radius 1 is 0.833 bits per heavy atom. The Morgan fingerprint density at radius 3 is 1.89 bits per heavy atom. The van der Waals surface area contributed by atoms with Gasteiger partial charge in [-0.2, -0.15) is 0 Å². The van der Waals surface area contributed by atoms with Crippen LogP contribution in [0, 0.1) is 34.6 Å². The van der Waals surface area contributed by atoms with Gasteiger partial charge < -0.3 is 4.40 Å². The van der Waals surface area contributed by atoms with E-state index in [-0.39, 0.29) is 5.41 Å². The molecule has 0 atom stereocenters. The molecule has 0 bridgehead atoms. The predicted octanol–water partition coefficient (Wildman–Crippen LogP) is 4.17. The van der Waals surface area contributed by atoms with E-state index >= 15 is 0 Å². The average Bonchev–Trinajstić information content (AvgIpc) is 2.47. The number of rotatable bonds is 0. The molecule has 0 radical (unpaired) electrons. The van der Waals surface area contributed by atoms with Crippen LogP contribution in [0.2, 0.25) is 0 Å². The van der Waals surface area contributed by atoms with Crippen LogP contribution in [-0.4, -0.2) is 9.38 Å². The van der Waals surface area contributed by atoms with Gasteiger partial charge in [0.05, 0.1) is 5.52 Å². The number of hydrogen-bond donors (Lipinski definition) is 0. The Bertz CT molecular complexity index is 625. The van der Waals surface area contributed by atoms with Crippen molar-refractivity contribution < 1.29 is 0 Å². The van der Waals surface area contributed by atoms with Gasteiger partial charge in [0.25, 0.3) is 0 Å². The fourth-order valence-corrected chi connectivity index (χ4v) is 2.63. The van der Waals surface area contributed by atoms with E-state index in [0.717, 1.165) is 11.5 Å². The molecule has 0 aliphatic rings. The number of fused-ring (bicyclic) bond motifs is 1. The summed E-state index contributed by atoms with van der Waals surface area (Å²) < 4.78 is 2.35. The minimum atomic E-state index is 0.0549. The zero-order chi connectivity index (χ0) is 13.8. The largest absolute Gasteiger partial charge is 0.301 e. The molecule has 0 unspecified atom stereocenters. The maximum absolute atomic E-state index is 4.85. The lowest BCUT2D eigenvalue weighted by molar-refractivity contribution is 0.531. The molecule has 18 heavy (non-hydrogen) atoms. The molecule has 0 N–H and O–H groups in total. The SMILES string of the molecule is Cc1nc(C(C)(C)C)n2c(C)c(C)c(C)c2c1C. The van der Waals surface area contributed by atoms with E-state index in [1.54, 1.807) is 0 Å². The van der Waals surface area contributed by atoms with Gasteiger partial charge in [0, 0.05) is 16.8 Å². The smallest absolute Gasteiger partial charge is 0.119 e. The van der Waals surface area contributed by atoms with Crippen LogP contribution in [0.4, 0.5) is 0 Å². The van der Waals surface area contributed by atoms with E-state index in [1.807, 2.05) is 0 Å². The summed E-state index contributed by atoms with van der Waals surface area (Å²) in [6.07, 6.45) is 0. The van der Waals surface area contributed by atoms with E-state index in [0.29, 0.717) is 0 Å². The first-order valence-corrected chi connectivity index (χ1v) is 6.62. The maximum atomic E-state index is 4.85. The third-order valence-corrected chi connectivity index (χ3v) is 4.07. The van der Waals surface area contributed by atoms with Crippen LogP contribution in [0.3, 0.4) is 0 Å². The minimum absolute atomic E-state index is 0.0549. The molecule has 0 saturated carbocycles. The molecular formula is C16H24N2. The second-order valence-corrected chi connectivity index (χ2v) is 6.42. The molecule has 98 valence electrons. The molecule has 2 nitrogen and oxygen atoms in total. The van der Waals surface area contributed by atoms with Crippen molar-refractivity contribution in [3.05, 3.63) is 33.9 Å². The zero-order valence-corrected chi connectivity index (χ0v) is 12.9. The van der Waals surface area contributed by atoms with E-state index in [9.17, 15) is 0 Å². The Hall–Kier alpha value is -1.31. The summed E-state index contributed by atoms with van der Waals surface area (Å²) in [4.78, 5) is 4.85. The molecule has 0 spiro atoms. The second kappa shape index (κ2) is 3.84. The molecule has 2 aromatic heterocycles. The highest BCUT2D eigenvalue weighted by Gasteiger charge is 2.24. The monoisotopic (exact) mass is 244 g/mol. The first-order chi connectivity index (χ1) is 8.16. The topological polar surface area (TPSA) is 17.3 Å². The summed E-state index contributed by atoms with van der Waals surface area (Å²) >= 11 is 0. The fraction of sp³-hybridized carbons (Fsp3) is 0.562. The Labute approximate surface area is 110 Å². The molecule has 2 heterocycles. The van der Waals surface area contributed by atoms with Crippen LogP contribution >= 0.6 is 0 Å². The predicted molar refractivity (Wildman–Crippen MR) is 77.6 cm³/mol. The van der Waals surface area contributed by atoms with Crippen LogP contribution < -0.4 is 0 Å². The first-order valence-electron chi connectivity index (χ1n) is 6.62. The molecule has 0 aromatic carbocycles. The van der Waals surface area contributed by atoms with E-state index in [4.69, 9.17) is 4.98 Å². The third kappa shape index (κ3) is 1.66. The van der Waals surface area contributed by atoms with Crippen molar-refractivity contribution in [1.29, 1.82) is 0 Å². The number of hydrogen-bond acceptors (Lipinski definition) is 1. The van der Waals surface area contributed by atoms with Gasteiger partial charge in [0.2, 0.25) is 0 Å². The highest BCUT2D eigenvalue weighted by atomic mass is 15.0. The van der Waals surface area contributed by atoms with Crippen molar-refractivity contribution in [3.8, 4) is 0 Å². The number of nitrogens with zero attached hydrogens (tertiary/aromatic N) is 2. The van der Waals surface area contributed by atoms with Gasteiger partial charge in [-0.3, -0.25) is 0 Å². The van der Waals surface area contributed by atoms with Gasteiger partial charge in [-0.15, -0.1) is 0 Å². The van der Waals surface area contributed by atoms with Crippen LogP contribution in [0.5, 0.6) is 0 Å². The molecule has 2 rings (SSSR count). The molecule has 2 aromatic rings. The molecular weight excluding hydrogens is 220 g/mol. The summed E-state index contributed by atoms with van der Waals surface area (Å²) in [5.74, 6) is 1.16. The molecule has 2 heteroatoms. The van der Waals surface area contributed by atoms with Gasteiger partial charge in [0.15, 0.2) is 0 Å². The summed E-state index contributed by atoms with van der Waals surface area (Å²) in [7, 11) is 0. The van der Waals surface area contributed by atoms with E-state index in [1.165, 1.54) is 27.9 Å². The van der Waals surface area contributed by atoms with Crippen molar-refractivity contribution in [1.82, 2.24) is 9.38 Å². The van der Waals surface area contributed by atoms with Crippen molar-refractivity contribution in [3.63, 3.8) is 0 Å². The summed E-state index contributed by atoms with van der Waals surface area (Å²) in [6.45, 7) is 17.6. The van der Waals surface area contributed by atoms with Crippen LogP contribution in [-0.2, 0) is 5.41 Å². The zero-order valence-electron chi connectivity index (χ0n) is 12.9. The van der Waals surface area contributed by atoms with Crippen LogP contribution in [0.15, 0.2) is 0 Å². The first kappa shape index (κ1) is 13.1. The summed E-state index contributed by atoms with van der Waals surface area (Å²) in [5, 5.41) is 0. The summed E-state index contributed by atoms with van der Waals surface area (Å²) in [5.41, 5.74) is 7.95. The Balaban J connectivity index is 3.07. The Kier molecular flexibility index (Phi) is 2.80. The quantitative estimate of drug-likeness (QED) is 0.679. The van der Waals surface area contributed by atoms with E-state index in [2.05, 4.69) is 59.8 Å². The molecule has 0 fully saturated rings. The Morgan fingerprint density at radius 2 is 1.39 bits per heavy atom. The minimum Gasteiger partial charge on any atom is -0.301 e. The van der Waals surface area contributed by atoms with Gasteiger partial charge >= 0.3 is 0 Å². The summed E-state index contributed by atoms with van der Waals surface area (Å²) in [6, 6.07) is 0. The highest BCUT2D eigenvalue weighted by molar-refractivity contribution is 5.67. The molecule has 0 saturated heterocycles. The standard InChI is InChI=1S/C16H24N2/c1-9-10(2)14-11(3)12(4)17-15(16(6,7)8)18(14)13(9)5/h1-8H3. The molecule has 0 amide bonds. The maximum Gasteiger partial charge on any atom is 0.119 e. The van der Waals surface area contributed by atoms with Crippen molar-refractivity contribution in [2.24, 2.45) is 0 Å². The molecule has 0 aliphatic heterocycles. The second-order valence-electron chi connectivity index (χ2n) is 6.42. The molecule has 0 aliphatic carbocycles. The highest BCUT2D eigenvalue weighted by Crippen LogP contribution is 2.31. The van der Waals surface area contributed by atoms with Gasteiger partial charge in [-0.1, -0.05) is 20.8 Å². The third-order valence-electron chi connectivity index (χ3n) is 4.07.